The lowest BCUT2D eigenvalue weighted by Gasteiger charge is -2.20. The van der Waals surface area contributed by atoms with E-state index in [0.29, 0.717) is 17.8 Å². The summed E-state index contributed by atoms with van der Waals surface area (Å²) in [5.74, 6) is 1.25. The van der Waals surface area contributed by atoms with Crippen LogP contribution in [0.4, 0.5) is 5.82 Å². The van der Waals surface area contributed by atoms with E-state index in [4.69, 9.17) is 10.5 Å². The van der Waals surface area contributed by atoms with Crippen LogP contribution < -0.4 is 5.73 Å². The topological polar surface area (TPSA) is 48.1 Å². The predicted octanol–water partition coefficient (Wildman–Crippen LogP) is 3.89. The molecule has 1 aromatic heterocycles. The summed E-state index contributed by atoms with van der Waals surface area (Å²) in [6.07, 6.45) is 8.89. The van der Waals surface area contributed by atoms with Gasteiger partial charge >= 0.3 is 0 Å². The van der Waals surface area contributed by atoms with Gasteiger partial charge in [0.15, 0.2) is 0 Å². The van der Waals surface area contributed by atoms with Gasteiger partial charge in [0.25, 0.3) is 0 Å². The van der Waals surface area contributed by atoms with E-state index in [1.165, 1.54) is 44.1 Å². The molecule has 1 aromatic rings. The van der Waals surface area contributed by atoms with Gasteiger partial charge in [0, 0.05) is 12.3 Å². The Hall–Kier alpha value is -1.09. The third kappa shape index (κ3) is 4.48. The van der Waals surface area contributed by atoms with Crippen molar-refractivity contribution in [1.82, 2.24) is 4.98 Å². The summed E-state index contributed by atoms with van der Waals surface area (Å²) < 4.78 is 6.09. The minimum Gasteiger partial charge on any atom is -0.384 e. The molecular weight excluding hydrogens is 248 g/mol. The molecule has 0 amide bonds. The lowest BCUT2D eigenvalue weighted by Crippen LogP contribution is -2.21. The molecule has 1 aliphatic rings. The van der Waals surface area contributed by atoms with Crippen LogP contribution in [0.2, 0.25) is 0 Å². The summed E-state index contributed by atoms with van der Waals surface area (Å²) in [6.45, 7) is 5.22. The number of rotatable bonds is 7. The number of ether oxygens (including phenoxy) is 1. The first-order valence-corrected chi connectivity index (χ1v) is 8.03. The summed E-state index contributed by atoms with van der Waals surface area (Å²) in [4.78, 5) is 4.46. The van der Waals surface area contributed by atoms with Crippen LogP contribution in [-0.2, 0) is 11.2 Å². The van der Waals surface area contributed by atoms with Crippen molar-refractivity contribution in [2.75, 3.05) is 12.3 Å². The highest BCUT2D eigenvalue weighted by atomic mass is 16.5. The standard InChI is InChI=1S/C17H28N2O/c1-3-4-5-9-20-16-8-6-7-14(16)12-15-10-13(2)11-17(18)19-15/h10-11,14,16H,3-9,12H2,1-2H3,(H2,18,19). The Bertz CT molecular complexity index is 399. The molecule has 0 bridgehead atoms. The summed E-state index contributed by atoms with van der Waals surface area (Å²) in [5.41, 5.74) is 8.16. The highest BCUT2D eigenvalue weighted by Crippen LogP contribution is 2.31. The Kier molecular flexibility index (Phi) is 5.84. The van der Waals surface area contributed by atoms with Gasteiger partial charge in [0.1, 0.15) is 5.82 Å². The quantitative estimate of drug-likeness (QED) is 0.769. The molecule has 0 aromatic carbocycles. The Morgan fingerprint density at radius 3 is 2.90 bits per heavy atom. The number of pyridine rings is 1. The molecule has 1 aliphatic carbocycles. The number of unbranched alkanes of at least 4 members (excludes halogenated alkanes) is 2. The van der Waals surface area contributed by atoms with Crippen LogP contribution in [0.15, 0.2) is 12.1 Å². The fraction of sp³-hybridized carbons (Fsp3) is 0.706. The van der Waals surface area contributed by atoms with Crippen molar-refractivity contribution in [1.29, 1.82) is 0 Å². The van der Waals surface area contributed by atoms with Crippen molar-refractivity contribution in [3.8, 4) is 0 Å². The first kappa shape index (κ1) is 15.3. The maximum Gasteiger partial charge on any atom is 0.123 e. The minimum absolute atomic E-state index is 0.426. The molecule has 1 saturated carbocycles. The number of nitrogens with two attached hydrogens (primary N) is 1. The molecule has 0 spiro atoms. The first-order valence-electron chi connectivity index (χ1n) is 8.03. The van der Waals surface area contributed by atoms with Crippen molar-refractivity contribution in [2.45, 2.75) is 64.9 Å². The summed E-state index contributed by atoms with van der Waals surface area (Å²) in [7, 11) is 0. The van der Waals surface area contributed by atoms with Gasteiger partial charge in [-0.2, -0.15) is 0 Å². The molecule has 3 heteroatoms. The van der Waals surface area contributed by atoms with Crippen LogP contribution in [0.25, 0.3) is 0 Å². The largest absolute Gasteiger partial charge is 0.384 e. The van der Waals surface area contributed by atoms with E-state index >= 15 is 0 Å². The minimum atomic E-state index is 0.426. The van der Waals surface area contributed by atoms with Crippen LogP contribution in [0.1, 0.15) is 56.7 Å². The zero-order chi connectivity index (χ0) is 14.4. The second-order valence-corrected chi connectivity index (χ2v) is 6.07. The van der Waals surface area contributed by atoms with Gasteiger partial charge in [0.05, 0.1) is 6.10 Å². The van der Waals surface area contributed by atoms with Crippen LogP contribution in [0.5, 0.6) is 0 Å². The van der Waals surface area contributed by atoms with Crippen molar-refractivity contribution < 1.29 is 4.74 Å². The fourth-order valence-corrected chi connectivity index (χ4v) is 3.18. The highest BCUT2D eigenvalue weighted by molar-refractivity contribution is 5.34. The van der Waals surface area contributed by atoms with Gasteiger partial charge in [-0.05, 0) is 56.2 Å². The SMILES string of the molecule is CCCCCOC1CCCC1Cc1cc(C)cc(N)n1. The lowest BCUT2D eigenvalue weighted by atomic mass is 9.98. The van der Waals surface area contributed by atoms with Crippen LogP contribution in [0, 0.1) is 12.8 Å². The Morgan fingerprint density at radius 1 is 1.30 bits per heavy atom. The number of hydrogen-bond donors (Lipinski definition) is 1. The molecule has 112 valence electrons. The van der Waals surface area contributed by atoms with Crippen LogP contribution >= 0.6 is 0 Å². The molecule has 20 heavy (non-hydrogen) atoms. The Morgan fingerprint density at radius 2 is 2.15 bits per heavy atom. The van der Waals surface area contributed by atoms with Gasteiger partial charge in [-0.1, -0.05) is 26.2 Å². The molecule has 0 radical (unpaired) electrons. The number of aryl methyl sites for hydroxylation is 1. The third-order valence-corrected chi connectivity index (χ3v) is 4.18. The normalized spacial score (nSPS) is 22.3. The molecule has 2 rings (SSSR count). The van der Waals surface area contributed by atoms with E-state index < -0.39 is 0 Å². The van der Waals surface area contributed by atoms with Gasteiger partial charge in [-0.15, -0.1) is 0 Å². The molecule has 0 saturated heterocycles. The molecule has 3 nitrogen and oxygen atoms in total. The van der Waals surface area contributed by atoms with Crippen molar-refractivity contribution in [2.24, 2.45) is 5.92 Å². The smallest absolute Gasteiger partial charge is 0.123 e. The highest BCUT2D eigenvalue weighted by Gasteiger charge is 2.28. The number of aromatic nitrogens is 1. The molecule has 0 aliphatic heterocycles. The summed E-state index contributed by atoms with van der Waals surface area (Å²) in [5, 5.41) is 0. The molecule has 1 fully saturated rings. The average Bonchev–Trinajstić information content (AvgIpc) is 2.81. The third-order valence-electron chi connectivity index (χ3n) is 4.18. The summed E-state index contributed by atoms with van der Waals surface area (Å²) in [6, 6.07) is 4.08. The molecule has 2 N–H and O–H groups in total. The van der Waals surface area contributed by atoms with Gasteiger partial charge in [-0.25, -0.2) is 4.98 Å². The van der Waals surface area contributed by atoms with Crippen molar-refractivity contribution in [3.63, 3.8) is 0 Å². The van der Waals surface area contributed by atoms with E-state index in [2.05, 4.69) is 24.9 Å². The first-order chi connectivity index (χ1) is 9.69. The molecule has 2 atom stereocenters. The maximum atomic E-state index is 6.09. The van der Waals surface area contributed by atoms with Gasteiger partial charge < -0.3 is 10.5 Å². The zero-order valence-electron chi connectivity index (χ0n) is 12.9. The van der Waals surface area contributed by atoms with Crippen molar-refractivity contribution >= 4 is 5.82 Å². The molecule has 2 unspecified atom stereocenters. The van der Waals surface area contributed by atoms with Gasteiger partial charge in [-0.3, -0.25) is 0 Å². The lowest BCUT2D eigenvalue weighted by molar-refractivity contribution is 0.0255. The monoisotopic (exact) mass is 276 g/mol. The zero-order valence-corrected chi connectivity index (χ0v) is 12.9. The Balaban J connectivity index is 1.87. The van der Waals surface area contributed by atoms with Gasteiger partial charge in [0.2, 0.25) is 0 Å². The van der Waals surface area contributed by atoms with E-state index in [1.54, 1.807) is 0 Å². The van der Waals surface area contributed by atoms with E-state index in [1.807, 2.05) is 6.07 Å². The maximum absolute atomic E-state index is 6.09. The summed E-state index contributed by atoms with van der Waals surface area (Å²) >= 11 is 0. The average molecular weight is 276 g/mol. The second kappa shape index (κ2) is 7.63. The fourth-order valence-electron chi connectivity index (χ4n) is 3.18. The molecular formula is C17H28N2O. The van der Waals surface area contributed by atoms with E-state index in [0.717, 1.165) is 18.7 Å². The van der Waals surface area contributed by atoms with E-state index in [9.17, 15) is 0 Å². The Labute approximate surface area is 122 Å². The molecule has 1 heterocycles. The van der Waals surface area contributed by atoms with Crippen LogP contribution in [-0.4, -0.2) is 17.7 Å². The van der Waals surface area contributed by atoms with E-state index in [-0.39, 0.29) is 0 Å². The number of hydrogen-bond acceptors (Lipinski definition) is 3. The number of anilines is 1. The number of nitrogens with zero attached hydrogens (tertiary/aromatic N) is 1. The van der Waals surface area contributed by atoms with Crippen LogP contribution in [0.3, 0.4) is 0 Å². The van der Waals surface area contributed by atoms with Crippen molar-refractivity contribution in [3.05, 3.63) is 23.4 Å². The second-order valence-electron chi connectivity index (χ2n) is 6.07. The predicted molar refractivity (Wildman–Crippen MR) is 83.7 cm³/mol. The number of nitrogen functional groups attached to an aromatic ring is 1.